The molecule has 5 rings (SSSR count). The number of hydrazone groups is 1. The van der Waals surface area contributed by atoms with Gasteiger partial charge in [-0.2, -0.15) is 10.1 Å². The lowest BCUT2D eigenvalue weighted by atomic mass is 10.1. The van der Waals surface area contributed by atoms with E-state index in [2.05, 4.69) is 36.1 Å². The Balaban J connectivity index is 1.35. The van der Waals surface area contributed by atoms with E-state index in [0.717, 1.165) is 5.56 Å². The molecule has 0 unspecified atom stereocenters. The SMILES string of the molecule is O=C(O)c1ccc(-c2ccc(/C=N/Nc3nc4nonc4nc3Nc3ccc(Cl)c(Cl)c3)o2)cc1. The Bertz CT molecular complexity index is 1560. The fourth-order valence-electron chi connectivity index (χ4n) is 3.03. The van der Waals surface area contributed by atoms with Gasteiger partial charge in [0.15, 0.2) is 11.6 Å². The number of carboxylic acids is 1. The molecule has 0 bridgehead atoms. The molecule has 2 aromatic carbocycles. The molecule has 0 atom stereocenters. The fourth-order valence-corrected chi connectivity index (χ4v) is 3.32. The van der Waals surface area contributed by atoms with Gasteiger partial charge in [-0.05, 0) is 52.8 Å². The molecule has 3 heterocycles. The van der Waals surface area contributed by atoms with Gasteiger partial charge in [0.2, 0.25) is 11.3 Å². The minimum atomic E-state index is -0.995. The number of fused-ring (bicyclic) bond motifs is 1. The van der Waals surface area contributed by atoms with E-state index in [9.17, 15) is 4.79 Å². The highest BCUT2D eigenvalue weighted by Gasteiger charge is 2.13. The van der Waals surface area contributed by atoms with Crippen molar-refractivity contribution in [3.8, 4) is 11.3 Å². The van der Waals surface area contributed by atoms with Crippen molar-refractivity contribution in [2.24, 2.45) is 5.10 Å². The first-order valence-electron chi connectivity index (χ1n) is 9.91. The zero-order chi connectivity index (χ0) is 24.4. The molecule has 0 aliphatic heterocycles. The Labute approximate surface area is 206 Å². The molecule has 13 heteroatoms. The number of halogens is 2. The standard InChI is InChI=1S/C22H13Cl2N7O4/c23-15-7-5-13(9-16(15)24)26-18-19(28-21-20(27-18)30-35-31-21)29-25-10-14-6-8-17(34-14)11-1-3-12(4-2-11)22(32)33/h1-10H,(H,32,33)(H,26,27,30)(H,28,29,31)/b25-10+. The maximum atomic E-state index is 11.0. The van der Waals surface area contributed by atoms with E-state index in [1.165, 1.54) is 18.3 Å². The minimum absolute atomic E-state index is 0.187. The summed E-state index contributed by atoms with van der Waals surface area (Å²) < 4.78 is 10.5. The molecule has 35 heavy (non-hydrogen) atoms. The van der Waals surface area contributed by atoms with Gasteiger partial charge in [-0.1, -0.05) is 35.3 Å². The number of nitrogens with zero attached hydrogens (tertiary/aromatic N) is 5. The van der Waals surface area contributed by atoms with Gasteiger partial charge in [-0.3, -0.25) is 5.43 Å². The number of furan rings is 1. The quantitative estimate of drug-likeness (QED) is 0.190. The lowest BCUT2D eigenvalue weighted by Crippen LogP contribution is -2.03. The molecule has 0 fully saturated rings. The van der Waals surface area contributed by atoms with Crippen molar-refractivity contribution in [3.05, 3.63) is 76.0 Å². The fraction of sp³-hybridized carbons (Fsp3) is 0. The van der Waals surface area contributed by atoms with Crippen molar-refractivity contribution < 1.29 is 18.9 Å². The molecule has 0 radical (unpaired) electrons. The van der Waals surface area contributed by atoms with Crippen molar-refractivity contribution in [2.45, 2.75) is 0 Å². The molecular formula is C22H13Cl2N7O4. The molecule has 0 amide bonds. The van der Waals surface area contributed by atoms with Crippen LogP contribution in [0.2, 0.25) is 10.0 Å². The Morgan fingerprint density at radius 1 is 0.943 bits per heavy atom. The van der Waals surface area contributed by atoms with Gasteiger partial charge in [0.05, 0.1) is 21.8 Å². The molecule has 5 aromatic rings. The molecule has 0 saturated heterocycles. The predicted octanol–water partition coefficient (Wildman–Crippen LogP) is 5.47. The number of carbonyl (C=O) groups is 1. The Kier molecular flexibility index (Phi) is 6.00. The van der Waals surface area contributed by atoms with E-state index in [1.807, 2.05) is 0 Å². The largest absolute Gasteiger partial charge is 0.478 e. The first-order chi connectivity index (χ1) is 17.0. The molecule has 0 aliphatic carbocycles. The monoisotopic (exact) mass is 509 g/mol. The highest BCUT2D eigenvalue weighted by molar-refractivity contribution is 6.42. The van der Waals surface area contributed by atoms with Crippen molar-refractivity contribution in [1.82, 2.24) is 20.3 Å². The van der Waals surface area contributed by atoms with Gasteiger partial charge in [0.1, 0.15) is 11.5 Å². The third kappa shape index (κ3) is 4.90. The summed E-state index contributed by atoms with van der Waals surface area (Å²) in [6.45, 7) is 0. The number of hydrogen-bond acceptors (Lipinski definition) is 10. The number of aromatic carboxylic acids is 1. The summed E-state index contributed by atoms with van der Waals surface area (Å²) in [6, 6.07) is 14.8. The van der Waals surface area contributed by atoms with Gasteiger partial charge in [-0.25, -0.2) is 14.4 Å². The number of nitrogens with one attached hydrogen (secondary N) is 2. The van der Waals surface area contributed by atoms with Crippen molar-refractivity contribution >= 4 is 64.0 Å². The molecule has 11 nitrogen and oxygen atoms in total. The van der Waals surface area contributed by atoms with E-state index in [-0.39, 0.29) is 22.7 Å². The average molecular weight is 510 g/mol. The van der Waals surface area contributed by atoms with Crippen molar-refractivity contribution in [2.75, 3.05) is 10.7 Å². The van der Waals surface area contributed by atoms with E-state index < -0.39 is 5.97 Å². The zero-order valence-electron chi connectivity index (χ0n) is 17.4. The normalized spacial score (nSPS) is 11.3. The smallest absolute Gasteiger partial charge is 0.335 e. The van der Waals surface area contributed by atoms with Gasteiger partial charge in [0, 0.05) is 11.3 Å². The lowest BCUT2D eigenvalue weighted by Gasteiger charge is -2.09. The van der Waals surface area contributed by atoms with Crippen LogP contribution in [0.3, 0.4) is 0 Å². The summed E-state index contributed by atoms with van der Waals surface area (Å²) in [4.78, 5) is 19.7. The predicted molar refractivity (Wildman–Crippen MR) is 129 cm³/mol. The van der Waals surface area contributed by atoms with Crippen LogP contribution in [0, 0.1) is 0 Å². The summed E-state index contributed by atoms with van der Waals surface area (Å²) in [5.74, 6) is 0.547. The Hall–Kier alpha value is -4.48. The van der Waals surface area contributed by atoms with Crippen LogP contribution in [0.4, 0.5) is 17.3 Å². The topological polar surface area (TPSA) is 152 Å². The van der Waals surface area contributed by atoms with Crippen LogP contribution in [0.15, 0.2) is 68.7 Å². The highest BCUT2D eigenvalue weighted by Crippen LogP contribution is 2.29. The zero-order valence-corrected chi connectivity index (χ0v) is 18.9. The molecule has 3 aromatic heterocycles. The Morgan fingerprint density at radius 3 is 2.40 bits per heavy atom. The van der Waals surface area contributed by atoms with Crippen LogP contribution in [-0.2, 0) is 0 Å². The Morgan fingerprint density at radius 2 is 1.69 bits per heavy atom. The number of carboxylic acid groups (broad SMARTS) is 1. The van der Waals surface area contributed by atoms with E-state index in [4.69, 9.17) is 37.4 Å². The summed E-state index contributed by atoms with van der Waals surface area (Å²) in [6.07, 6.45) is 1.45. The third-order valence-electron chi connectivity index (χ3n) is 4.70. The second-order valence-electron chi connectivity index (χ2n) is 7.04. The van der Waals surface area contributed by atoms with Crippen molar-refractivity contribution in [1.29, 1.82) is 0 Å². The van der Waals surface area contributed by atoms with Crippen molar-refractivity contribution in [3.63, 3.8) is 0 Å². The lowest BCUT2D eigenvalue weighted by molar-refractivity contribution is 0.0697. The maximum Gasteiger partial charge on any atom is 0.335 e. The number of aromatic nitrogens is 4. The molecule has 174 valence electrons. The first-order valence-corrected chi connectivity index (χ1v) is 10.7. The summed E-state index contributed by atoms with van der Waals surface area (Å²) in [5.41, 5.74) is 4.72. The van der Waals surface area contributed by atoms with E-state index in [1.54, 1.807) is 42.5 Å². The molecule has 0 spiro atoms. The minimum Gasteiger partial charge on any atom is -0.478 e. The van der Waals surface area contributed by atoms with Gasteiger partial charge in [-0.15, -0.1) is 0 Å². The number of hydrogen-bond donors (Lipinski definition) is 3. The summed E-state index contributed by atoms with van der Waals surface area (Å²) in [7, 11) is 0. The van der Waals surface area contributed by atoms with Gasteiger partial charge < -0.3 is 14.8 Å². The second kappa shape index (κ2) is 9.41. The number of rotatable bonds is 7. The summed E-state index contributed by atoms with van der Waals surface area (Å²) >= 11 is 12.1. The number of benzene rings is 2. The average Bonchev–Trinajstić information content (AvgIpc) is 3.51. The highest BCUT2D eigenvalue weighted by atomic mass is 35.5. The van der Waals surface area contributed by atoms with Crippen LogP contribution in [-0.4, -0.2) is 37.6 Å². The third-order valence-corrected chi connectivity index (χ3v) is 5.44. The molecule has 3 N–H and O–H groups in total. The van der Waals surface area contributed by atoms with Crippen LogP contribution < -0.4 is 10.7 Å². The van der Waals surface area contributed by atoms with Crippen LogP contribution >= 0.6 is 23.2 Å². The summed E-state index contributed by atoms with van der Waals surface area (Å²) in [5, 5.41) is 24.5. The van der Waals surface area contributed by atoms with E-state index in [0.29, 0.717) is 33.1 Å². The molecular weight excluding hydrogens is 497 g/mol. The van der Waals surface area contributed by atoms with Gasteiger partial charge in [0.25, 0.3) is 0 Å². The molecule has 0 saturated carbocycles. The van der Waals surface area contributed by atoms with Gasteiger partial charge >= 0.3 is 5.97 Å². The number of anilines is 3. The van der Waals surface area contributed by atoms with Crippen LogP contribution in [0.5, 0.6) is 0 Å². The first kappa shape index (κ1) is 22.3. The second-order valence-corrected chi connectivity index (χ2v) is 7.86. The van der Waals surface area contributed by atoms with Crippen LogP contribution in [0.1, 0.15) is 16.1 Å². The molecule has 0 aliphatic rings. The van der Waals surface area contributed by atoms with Crippen LogP contribution in [0.25, 0.3) is 22.6 Å². The maximum absolute atomic E-state index is 11.0. The van der Waals surface area contributed by atoms with E-state index >= 15 is 0 Å².